The second-order valence-corrected chi connectivity index (χ2v) is 3.00. The predicted molar refractivity (Wildman–Crippen MR) is 53.2 cm³/mol. The molecule has 0 aliphatic rings. The molecule has 7 N–H and O–H groups in total. The fourth-order valence-electron chi connectivity index (χ4n) is 0. The Balaban J connectivity index is -0.0000000944. The van der Waals surface area contributed by atoms with Crippen molar-refractivity contribution in [3.05, 3.63) is 0 Å². The van der Waals surface area contributed by atoms with Crippen LogP contribution < -0.4 is 0 Å². The summed E-state index contributed by atoms with van der Waals surface area (Å²) in [5.41, 5.74) is 0. The van der Waals surface area contributed by atoms with Crippen molar-refractivity contribution < 1.29 is 68.0 Å². The van der Waals surface area contributed by atoms with Crippen LogP contribution in [-0.4, -0.2) is 60.2 Å². The molecule has 0 aliphatic carbocycles. The van der Waals surface area contributed by atoms with Gasteiger partial charge in [0.2, 0.25) is 6.08 Å². The number of hydrogen-bond acceptors (Lipinski definition) is 8. The van der Waals surface area contributed by atoms with Gasteiger partial charge in [0.05, 0.1) is 0 Å². The van der Waals surface area contributed by atoms with Gasteiger partial charge in [-0.2, -0.15) is 0 Å². The Hall–Kier alpha value is -2.70. The van der Waals surface area contributed by atoms with Crippen LogP contribution in [0.5, 0.6) is 0 Å². The average Bonchev–Trinajstić information content (AvgIpc) is 2.30. The Labute approximate surface area is 112 Å². The molecule has 0 bridgehead atoms. The van der Waals surface area contributed by atoms with Crippen LogP contribution in [0.2, 0.25) is 0 Å². The monoisotopic (exact) mass is 339 g/mol. The highest BCUT2D eigenvalue weighted by atomic mass is 31.2. The molecule has 0 atom stereocenters. The van der Waals surface area contributed by atoms with Gasteiger partial charge in [-0.05, 0) is 4.53 Å². The van der Waals surface area contributed by atoms with Crippen molar-refractivity contribution in [2.75, 3.05) is 0 Å². The molecule has 0 saturated heterocycles. The van der Waals surface area contributed by atoms with Crippen LogP contribution in [0.3, 0.4) is 0 Å². The maximum absolute atomic E-state index is 10.2. The summed E-state index contributed by atoms with van der Waals surface area (Å²) in [6.45, 7) is 0. The molecule has 0 radical (unpaired) electrons. The number of phosphoric acid groups is 1. The van der Waals surface area contributed by atoms with E-state index in [1.54, 1.807) is 0 Å². The third-order valence-corrected chi connectivity index (χ3v) is 0.636. The van der Waals surface area contributed by atoms with Crippen LogP contribution in [0.4, 0.5) is 4.53 Å². The molecule has 0 aliphatic heterocycles. The lowest BCUT2D eigenvalue weighted by molar-refractivity contribution is -0.159. The topological polar surface area (TPSA) is 257 Å². The predicted octanol–water partition coefficient (Wildman–Crippen LogP) is -1.81. The van der Waals surface area contributed by atoms with E-state index in [0.29, 0.717) is 0 Å². The highest BCUT2D eigenvalue weighted by Gasteiger charge is 2.12. The Morgan fingerprint density at radius 1 is 0.905 bits per heavy atom. The zero-order chi connectivity index (χ0) is 18.2. The second-order valence-electron chi connectivity index (χ2n) is 1.88. The third kappa shape index (κ3) is 58.8. The van der Waals surface area contributed by atoms with E-state index >= 15 is 0 Å². The number of carbonyl (C=O) groups is 4. The minimum absolute atomic E-state index is 0.750. The Bertz CT molecular complexity index is 386. The molecule has 0 rings (SSSR count). The van der Waals surface area contributed by atoms with E-state index in [0.717, 1.165) is 6.08 Å². The second kappa shape index (κ2) is 15.4. The van der Waals surface area contributed by atoms with E-state index in [1.807, 2.05) is 0 Å². The maximum Gasteiger partial charge on any atom is 0.500 e. The maximum atomic E-state index is 10.2. The number of rotatable bonds is 1. The first-order valence-corrected chi connectivity index (χ1v) is 5.11. The quantitative estimate of drug-likeness (QED) is 0.120. The Kier molecular flexibility index (Phi) is 19.6. The van der Waals surface area contributed by atoms with Gasteiger partial charge in [-0.1, -0.05) is 4.73 Å². The van der Waals surface area contributed by atoms with Crippen LogP contribution in [0.15, 0.2) is 0 Å². The number of nitrogens with one attached hydrogen (secondary N) is 1. The van der Waals surface area contributed by atoms with Gasteiger partial charge in [-0.3, -0.25) is 0 Å². The van der Waals surface area contributed by atoms with Crippen molar-refractivity contribution in [3.8, 4) is 0 Å². The fraction of sp³-hybridized carbons (Fsp3) is 0. The normalized spacial score (nSPS) is 7.95. The van der Waals surface area contributed by atoms with Gasteiger partial charge in [0, 0.05) is 0 Å². The minimum Gasteiger partial charge on any atom is -0.473 e. The number of carboxylic acid groups (broad SMARTS) is 4. The number of aliphatic carboxylic acids is 4. The van der Waals surface area contributed by atoms with Gasteiger partial charge in [0.15, 0.2) is 0 Å². The number of hydrogen-bond donors (Lipinski definition) is 7. The number of carboxylic acids is 4. The smallest absolute Gasteiger partial charge is 0.473 e. The standard InChI is InChI=1S/2C2H2O4.CHNO.FH2O4P/c2*3-1(4)2(5)6;2-1-3;1-5-6(2,3)4/h2*(H,3,4)(H,5,6);2H;(H2,2,3,4). The average molecular weight is 339 g/mol. The van der Waals surface area contributed by atoms with Gasteiger partial charge in [-0.25, -0.2) is 33.9 Å². The summed E-state index contributed by atoms with van der Waals surface area (Å²) in [6.07, 6.45) is 0.750. The van der Waals surface area contributed by atoms with E-state index in [4.69, 9.17) is 64.2 Å². The molecule has 0 amide bonds. The molecule has 122 valence electrons. The van der Waals surface area contributed by atoms with Crippen LogP contribution in [0, 0.1) is 5.41 Å². The molecule has 21 heavy (non-hydrogen) atoms. The molecule has 14 nitrogen and oxygen atoms in total. The van der Waals surface area contributed by atoms with Crippen molar-refractivity contribution in [2.45, 2.75) is 0 Å². The summed E-state index contributed by atoms with van der Waals surface area (Å²) in [5.74, 6) is -7.30. The Morgan fingerprint density at radius 2 is 1.00 bits per heavy atom. The van der Waals surface area contributed by atoms with Gasteiger partial charge in [0.25, 0.3) is 0 Å². The summed E-state index contributed by atoms with van der Waals surface area (Å²) >= 11 is 0. The van der Waals surface area contributed by atoms with Gasteiger partial charge < -0.3 is 30.2 Å². The SMILES string of the molecule is N=C=O.O=C(O)C(=O)O.O=C(O)C(=O)O.O=P(O)(O)OF. The summed E-state index contributed by atoms with van der Waals surface area (Å²) < 4.78 is 21.4. The highest BCUT2D eigenvalue weighted by molar-refractivity contribution is 7.46. The van der Waals surface area contributed by atoms with Gasteiger partial charge >= 0.3 is 31.7 Å². The van der Waals surface area contributed by atoms with Crippen molar-refractivity contribution in [3.63, 3.8) is 0 Å². The first kappa shape index (κ1) is 26.8. The van der Waals surface area contributed by atoms with Gasteiger partial charge in [-0.15, -0.1) is 0 Å². The summed E-state index contributed by atoms with van der Waals surface area (Å²) in [7, 11) is -4.81. The molecule has 0 fully saturated rings. The molecule has 0 unspecified atom stereocenters. The minimum atomic E-state index is -4.81. The molecule has 0 saturated carbocycles. The lowest BCUT2D eigenvalue weighted by Crippen LogP contribution is -2.09. The molecule has 0 heterocycles. The van der Waals surface area contributed by atoms with Crippen molar-refractivity contribution in [1.29, 1.82) is 5.41 Å². The first-order chi connectivity index (χ1) is 9.26. The molecular formula is C5H7FNO13P. The number of halogens is 1. The third-order valence-electron chi connectivity index (χ3n) is 0.456. The first-order valence-electron chi connectivity index (χ1n) is 3.58. The molecule has 0 aromatic rings. The van der Waals surface area contributed by atoms with Gasteiger partial charge in [0.1, 0.15) is 0 Å². The van der Waals surface area contributed by atoms with E-state index in [9.17, 15) is 4.53 Å². The summed E-state index contributed by atoms with van der Waals surface area (Å²) in [5, 5.41) is 35.0. The van der Waals surface area contributed by atoms with Crippen molar-refractivity contribution in [2.24, 2.45) is 0 Å². The van der Waals surface area contributed by atoms with E-state index < -0.39 is 31.7 Å². The van der Waals surface area contributed by atoms with Crippen LogP contribution in [0.25, 0.3) is 0 Å². The fourth-order valence-corrected chi connectivity index (χ4v) is 0. The number of isocyanates is 1. The molecule has 0 aromatic heterocycles. The molecule has 16 heteroatoms. The van der Waals surface area contributed by atoms with Crippen LogP contribution >= 0.6 is 7.82 Å². The van der Waals surface area contributed by atoms with E-state index in [-0.39, 0.29) is 0 Å². The van der Waals surface area contributed by atoms with Crippen molar-refractivity contribution in [1.82, 2.24) is 0 Å². The lowest BCUT2D eigenvalue weighted by Gasteiger charge is -1.87. The highest BCUT2D eigenvalue weighted by Crippen LogP contribution is 2.35. The van der Waals surface area contributed by atoms with Crippen LogP contribution in [0.1, 0.15) is 0 Å². The Morgan fingerprint density at radius 3 is 1.00 bits per heavy atom. The van der Waals surface area contributed by atoms with Crippen molar-refractivity contribution >= 4 is 37.8 Å². The summed E-state index contributed by atoms with van der Waals surface area (Å²) in [6, 6.07) is 0. The molecule has 0 spiro atoms. The molecular weight excluding hydrogens is 332 g/mol. The molecule has 0 aromatic carbocycles. The lowest BCUT2D eigenvalue weighted by atomic mass is 10.7. The zero-order valence-corrected chi connectivity index (χ0v) is 10.3. The largest absolute Gasteiger partial charge is 0.500 e. The number of carbonyl (C=O) groups excluding carboxylic acids is 1. The van der Waals surface area contributed by atoms with E-state index in [1.165, 1.54) is 0 Å². The van der Waals surface area contributed by atoms with Crippen LogP contribution in [-0.2, 0) is 33.3 Å². The van der Waals surface area contributed by atoms with E-state index in [2.05, 4.69) is 4.73 Å². The zero-order valence-electron chi connectivity index (χ0n) is 9.37. The summed E-state index contributed by atoms with van der Waals surface area (Å²) in [4.78, 5) is 59.4.